The number of aromatic nitrogens is 1. The molecule has 1 aliphatic rings. The number of rotatable bonds is 8. The Morgan fingerprint density at radius 1 is 1.05 bits per heavy atom. The molecule has 0 bridgehead atoms. The number of fused-ring (bicyclic) bond motifs is 1. The molecule has 8 nitrogen and oxygen atoms in total. The minimum absolute atomic E-state index is 0.162. The van der Waals surface area contributed by atoms with Crippen molar-refractivity contribution in [2.45, 2.75) is 25.5 Å². The van der Waals surface area contributed by atoms with Gasteiger partial charge < -0.3 is 24.6 Å². The molecule has 0 amide bonds. The van der Waals surface area contributed by atoms with Gasteiger partial charge in [0.15, 0.2) is 11.5 Å². The second kappa shape index (κ2) is 11.3. The average molecular weight is 531 g/mol. The fourth-order valence-corrected chi connectivity index (χ4v) is 5.83. The van der Waals surface area contributed by atoms with Crippen molar-refractivity contribution < 1.29 is 19.3 Å². The fraction of sp³-hybridized carbons (Fsp3) is 0.310. The van der Waals surface area contributed by atoms with Crippen LogP contribution in [-0.2, 0) is 6.54 Å². The van der Waals surface area contributed by atoms with E-state index < -0.39 is 0 Å². The Morgan fingerprint density at radius 2 is 1.79 bits per heavy atom. The molecule has 1 saturated heterocycles. The number of pyridine rings is 1. The molecular weight excluding hydrogens is 500 g/mol. The maximum absolute atomic E-state index is 9.81. The van der Waals surface area contributed by atoms with Crippen LogP contribution in [0.15, 0.2) is 48.7 Å². The Kier molecular flexibility index (Phi) is 7.65. The summed E-state index contributed by atoms with van der Waals surface area (Å²) in [6.07, 6.45) is 3.11. The highest BCUT2D eigenvalue weighted by molar-refractivity contribution is 7.15. The Labute approximate surface area is 226 Å². The Morgan fingerprint density at radius 3 is 2.45 bits per heavy atom. The molecule has 0 radical (unpaired) electrons. The van der Waals surface area contributed by atoms with E-state index in [-0.39, 0.29) is 6.10 Å². The first-order chi connectivity index (χ1) is 18.5. The molecule has 2 N–H and O–H groups in total. The molecule has 1 aliphatic heterocycles. The van der Waals surface area contributed by atoms with Gasteiger partial charge in [0.1, 0.15) is 6.07 Å². The number of nitrogens with one attached hydrogen (secondary N) is 1. The maximum atomic E-state index is 9.81. The predicted octanol–water partition coefficient (Wildman–Crippen LogP) is 5.56. The number of methoxy groups -OCH3 is 3. The van der Waals surface area contributed by atoms with Gasteiger partial charge in [0.05, 0.1) is 44.2 Å². The Bertz CT molecular complexity index is 1460. The zero-order valence-electron chi connectivity index (χ0n) is 21.7. The van der Waals surface area contributed by atoms with Crippen molar-refractivity contribution in [2.75, 3.05) is 39.7 Å². The van der Waals surface area contributed by atoms with Crippen molar-refractivity contribution in [1.29, 1.82) is 5.26 Å². The number of nitriles is 1. The van der Waals surface area contributed by atoms with Gasteiger partial charge in [-0.1, -0.05) is 12.1 Å². The SMILES string of the molecule is COc1cc(Nc2c(C#N)cnc3cc(-c4ccc(CN5CCC(O)CC5)s4)ccc23)cc(OC)c1OC. The van der Waals surface area contributed by atoms with Crippen molar-refractivity contribution in [3.8, 4) is 33.8 Å². The van der Waals surface area contributed by atoms with Crippen LogP contribution < -0.4 is 19.5 Å². The number of hydrogen-bond donors (Lipinski definition) is 2. The largest absolute Gasteiger partial charge is 0.493 e. The summed E-state index contributed by atoms with van der Waals surface area (Å²) in [6, 6.07) is 16.3. The summed E-state index contributed by atoms with van der Waals surface area (Å²) in [5.74, 6) is 1.53. The molecule has 196 valence electrons. The summed E-state index contributed by atoms with van der Waals surface area (Å²) in [6.45, 7) is 2.76. The summed E-state index contributed by atoms with van der Waals surface area (Å²) in [5.41, 5.74) is 3.66. The topological polar surface area (TPSA) is 99.9 Å². The monoisotopic (exact) mass is 530 g/mol. The van der Waals surface area contributed by atoms with Crippen LogP contribution in [-0.4, -0.2) is 55.5 Å². The summed E-state index contributed by atoms with van der Waals surface area (Å²) in [4.78, 5) is 9.45. The van der Waals surface area contributed by atoms with E-state index >= 15 is 0 Å². The highest BCUT2D eigenvalue weighted by atomic mass is 32.1. The number of aliphatic hydroxyl groups is 1. The zero-order chi connectivity index (χ0) is 26.6. The molecular formula is C29H30N4O4S. The summed E-state index contributed by atoms with van der Waals surface area (Å²) >= 11 is 1.78. The molecule has 38 heavy (non-hydrogen) atoms. The standard InChI is InChI=1S/C29H30N4O4S/c1-35-25-13-20(14-26(36-2)29(25)37-3)32-28-19(15-30)16-31-24-12-18(4-6-23(24)28)27-7-5-22(38-27)17-33-10-8-21(34)9-11-33/h4-7,12-14,16,21,34H,8-11,17H2,1-3H3,(H,31,32). The van der Waals surface area contributed by atoms with Crippen molar-refractivity contribution in [2.24, 2.45) is 0 Å². The van der Waals surface area contributed by atoms with E-state index in [0.29, 0.717) is 34.2 Å². The van der Waals surface area contributed by atoms with E-state index in [1.54, 1.807) is 51.0 Å². The molecule has 9 heteroatoms. The smallest absolute Gasteiger partial charge is 0.203 e. The predicted molar refractivity (Wildman–Crippen MR) is 150 cm³/mol. The van der Waals surface area contributed by atoms with E-state index in [2.05, 4.69) is 45.5 Å². The van der Waals surface area contributed by atoms with Gasteiger partial charge in [-0.2, -0.15) is 5.26 Å². The van der Waals surface area contributed by atoms with E-state index in [9.17, 15) is 10.4 Å². The number of aliphatic hydroxyl groups excluding tert-OH is 1. The summed E-state index contributed by atoms with van der Waals surface area (Å²) in [5, 5.41) is 23.8. The minimum atomic E-state index is -0.162. The number of piperidine rings is 1. The van der Waals surface area contributed by atoms with Gasteiger partial charge in [-0.05, 0) is 36.6 Å². The van der Waals surface area contributed by atoms with Crippen LogP contribution in [0.25, 0.3) is 21.3 Å². The third-order valence-corrected chi connectivity index (χ3v) is 7.93. The van der Waals surface area contributed by atoms with Crippen LogP contribution in [0.5, 0.6) is 17.2 Å². The molecule has 0 atom stereocenters. The van der Waals surface area contributed by atoms with Gasteiger partial charge in [-0.25, -0.2) is 0 Å². The van der Waals surface area contributed by atoms with Crippen LogP contribution >= 0.6 is 11.3 Å². The van der Waals surface area contributed by atoms with Crippen LogP contribution in [0.4, 0.5) is 11.4 Å². The van der Waals surface area contributed by atoms with Crippen molar-refractivity contribution in [1.82, 2.24) is 9.88 Å². The van der Waals surface area contributed by atoms with Crippen molar-refractivity contribution >= 4 is 33.6 Å². The van der Waals surface area contributed by atoms with Crippen molar-refractivity contribution in [3.63, 3.8) is 0 Å². The molecule has 4 aromatic rings. The first-order valence-corrected chi connectivity index (χ1v) is 13.2. The molecule has 5 rings (SSSR count). The zero-order valence-corrected chi connectivity index (χ0v) is 22.5. The number of thiophene rings is 1. The quantitative estimate of drug-likeness (QED) is 0.305. The van der Waals surface area contributed by atoms with Crippen LogP contribution in [0, 0.1) is 11.3 Å². The van der Waals surface area contributed by atoms with Crippen molar-refractivity contribution in [3.05, 3.63) is 59.1 Å². The lowest BCUT2D eigenvalue weighted by Gasteiger charge is -2.28. The van der Waals surface area contributed by atoms with E-state index in [1.165, 1.54) is 9.75 Å². The molecule has 2 aromatic carbocycles. The fourth-order valence-electron chi connectivity index (χ4n) is 4.78. The van der Waals surface area contributed by atoms with Gasteiger partial charge in [0, 0.05) is 58.8 Å². The molecule has 3 heterocycles. The number of likely N-dealkylation sites (tertiary alicyclic amines) is 1. The van der Waals surface area contributed by atoms with Gasteiger partial charge in [-0.15, -0.1) is 11.3 Å². The third kappa shape index (κ3) is 5.24. The summed E-state index contributed by atoms with van der Waals surface area (Å²) < 4.78 is 16.4. The average Bonchev–Trinajstić information content (AvgIpc) is 3.42. The first kappa shape index (κ1) is 25.8. The summed E-state index contributed by atoms with van der Waals surface area (Å²) in [7, 11) is 4.70. The Balaban J connectivity index is 1.44. The molecule has 0 spiro atoms. The maximum Gasteiger partial charge on any atom is 0.203 e. The number of benzene rings is 2. The number of nitrogens with zero attached hydrogens (tertiary/aromatic N) is 3. The minimum Gasteiger partial charge on any atom is -0.493 e. The van der Waals surface area contributed by atoms with Gasteiger partial charge in [-0.3, -0.25) is 9.88 Å². The first-order valence-electron chi connectivity index (χ1n) is 12.4. The molecule has 0 saturated carbocycles. The highest BCUT2D eigenvalue weighted by Gasteiger charge is 2.19. The van der Waals surface area contributed by atoms with E-state index in [0.717, 1.165) is 48.9 Å². The number of anilines is 2. The molecule has 0 unspecified atom stereocenters. The van der Waals surface area contributed by atoms with Gasteiger partial charge in [0.25, 0.3) is 0 Å². The van der Waals surface area contributed by atoms with Gasteiger partial charge in [0.2, 0.25) is 5.75 Å². The molecule has 0 aliphatic carbocycles. The second-order valence-electron chi connectivity index (χ2n) is 9.20. The molecule has 2 aromatic heterocycles. The highest BCUT2D eigenvalue weighted by Crippen LogP contribution is 2.42. The second-order valence-corrected chi connectivity index (χ2v) is 10.4. The van der Waals surface area contributed by atoms with Crippen LogP contribution in [0.2, 0.25) is 0 Å². The van der Waals surface area contributed by atoms with Gasteiger partial charge >= 0.3 is 0 Å². The van der Waals surface area contributed by atoms with Crippen LogP contribution in [0.1, 0.15) is 23.3 Å². The normalized spacial score (nSPS) is 14.3. The van der Waals surface area contributed by atoms with E-state index in [4.69, 9.17) is 14.2 Å². The lowest BCUT2D eigenvalue weighted by Crippen LogP contribution is -2.35. The number of ether oxygens (including phenoxy) is 3. The number of hydrogen-bond acceptors (Lipinski definition) is 9. The Hall–Kier alpha value is -3.84. The lowest BCUT2D eigenvalue weighted by atomic mass is 10.1. The van der Waals surface area contributed by atoms with E-state index in [1.807, 2.05) is 6.07 Å². The molecule has 1 fully saturated rings. The third-order valence-electron chi connectivity index (χ3n) is 6.81. The lowest BCUT2D eigenvalue weighted by molar-refractivity contribution is 0.0797. The van der Waals surface area contributed by atoms with Crippen LogP contribution in [0.3, 0.4) is 0 Å².